The van der Waals surface area contributed by atoms with Gasteiger partial charge in [-0.1, -0.05) is 36.4 Å². The number of nitrogens with one attached hydrogen (secondary N) is 1. The SMILES string of the molecule is O=C(OCc1ccccc1)[C@H](O)COc1ccc2c(c1)CNC2. The first-order valence-corrected chi connectivity index (χ1v) is 7.56. The molecule has 0 unspecified atom stereocenters. The highest BCUT2D eigenvalue weighted by molar-refractivity contribution is 5.74. The summed E-state index contributed by atoms with van der Waals surface area (Å²) in [4.78, 5) is 11.8. The van der Waals surface area contributed by atoms with Crippen LogP contribution in [0.2, 0.25) is 0 Å². The molecule has 1 aliphatic heterocycles. The minimum atomic E-state index is -1.30. The van der Waals surface area contributed by atoms with Gasteiger partial charge in [0, 0.05) is 13.1 Å². The number of carbonyl (C=O) groups excluding carboxylic acids is 1. The summed E-state index contributed by atoms with van der Waals surface area (Å²) < 4.78 is 10.6. The van der Waals surface area contributed by atoms with Crippen LogP contribution in [0.25, 0.3) is 0 Å². The van der Waals surface area contributed by atoms with E-state index < -0.39 is 12.1 Å². The molecule has 5 nitrogen and oxygen atoms in total. The van der Waals surface area contributed by atoms with Gasteiger partial charge in [0.1, 0.15) is 19.0 Å². The zero-order valence-electron chi connectivity index (χ0n) is 12.7. The molecule has 0 saturated heterocycles. The topological polar surface area (TPSA) is 67.8 Å². The van der Waals surface area contributed by atoms with E-state index >= 15 is 0 Å². The third-order valence-electron chi connectivity index (χ3n) is 3.71. The highest BCUT2D eigenvalue weighted by Gasteiger charge is 2.18. The molecule has 0 spiro atoms. The summed E-state index contributed by atoms with van der Waals surface area (Å²) in [5.41, 5.74) is 3.31. The van der Waals surface area contributed by atoms with Gasteiger partial charge in [-0.3, -0.25) is 0 Å². The van der Waals surface area contributed by atoms with Crippen LogP contribution in [0.1, 0.15) is 16.7 Å². The Morgan fingerprint density at radius 2 is 1.91 bits per heavy atom. The molecule has 2 N–H and O–H groups in total. The van der Waals surface area contributed by atoms with E-state index in [4.69, 9.17) is 9.47 Å². The van der Waals surface area contributed by atoms with Gasteiger partial charge in [-0.25, -0.2) is 4.79 Å². The maximum absolute atomic E-state index is 11.8. The third-order valence-corrected chi connectivity index (χ3v) is 3.71. The molecule has 5 heteroatoms. The summed E-state index contributed by atoms with van der Waals surface area (Å²) >= 11 is 0. The maximum Gasteiger partial charge on any atom is 0.338 e. The van der Waals surface area contributed by atoms with Gasteiger partial charge in [0.2, 0.25) is 0 Å². The number of esters is 1. The van der Waals surface area contributed by atoms with Crippen molar-refractivity contribution in [2.24, 2.45) is 0 Å². The van der Waals surface area contributed by atoms with Crippen molar-refractivity contribution in [3.8, 4) is 5.75 Å². The monoisotopic (exact) mass is 313 g/mol. The van der Waals surface area contributed by atoms with E-state index in [1.807, 2.05) is 48.5 Å². The lowest BCUT2D eigenvalue weighted by Crippen LogP contribution is -2.29. The molecule has 0 aromatic heterocycles. The zero-order valence-corrected chi connectivity index (χ0v) is 12.7. The van der Waals surface area contributed by atoms with E-state index in [1.165, 1.54) is 11.1 Å². The predicted octanol–water partition coefficient (Wildman–Crippen LogP) is 1.77. The van der Waals surface area contributed by atoms with Gasteiger partial charge in [0.25, 0.3) is 0 Å². The van der Waals surface area contributed by atoms with Gasteiger partial charge in [0.05, 0.1) is 0 Å². The van der Waals surface area contributed by atoms with Crippen molar-refractivity contribution in [1.82, 2.24) is 5.32 Å². The summed E-state index contributed by atoms with van der Waals surface area (Å²) in [5.74, 6) is -0.0426. The lowest BCUT2D eigenvalue weighted by molar-refractivity contribution is -0.156. The summed E-state index contributed by atoms with van der Waals surface area (Å²) in [7, 11) is 0. The molecular weight excluding hydrogens is 294 g/mol. The summed E-state index contributed by atoms with van der Waals surface area (Å²) in [6, 6.07) is 15.1. The standard InChI is InChI=1S/C18H19NO4/c20-17(18(21)23-11-13-4-2-1-3-5-13)12-22-16-7-6-14-9-19-10-15(14)8-16/h1-8,17,19-20H,9-12H2/t17-/m1/s1. The molecule has 0 amide bonds. The van der Waals surface area contributed by atoms with E-state index in [2.05, 4.69) is 5.32 Å². The van der Waals surface area contributed by atoms with Crippen LogP contribution in [0.3, 0.4) is 0 Å². The Balaban J connectivity index is 1.47. The van der Waals surface area contributed by atoms with Crippen molar-refractivity contribution in [2.75, 3.05) is 6.61 Å². The molecule has 1 aliphatic rings. The second-order valence-corrected chi connectivity index (χ2v) is 5.45. The molecule has 1 atom stereocenters. The van der Waals surface area contributed by atoms with Gasteiger partial charge < -0.3 is 19.9 Å². The van der Waals surface area contributed by atoms with Crippen LogP contribution in [0.15, 0.2) is 48.5 Å². The number of aliphatic hydroxyl groups excluding tert-OH is 1. The van der Waals surface area contributed by atoms with Crippen LogP contribution in [0.5, 0.6) is 5.75 Å². The van der Waals surface area contributed by atoms with Crippen LogP contribution >= 0.6 is 0 Å². The van der Waals surface area contributed by atoms with Gasteiger partial charge in [-0.05, 0) is 28.8 Å². The molecule has 2 aromatic carbocycles. The van der Waals surface area contributed by atoms with E-state index in [0.29, 0.717) is 5.75 Å². The molecule has 3 rings (SSSR count). The molecule has 0 bridgehead atoms. The van der Waals surface area contributed by atoms with Gasteiger partial charge in [-0.15, -0.1) is 0 Å². The Morgan fingerprint density at radius 3 is 2.74 bits per heavy atom. The van der Waals surface area contributed by atoms with Crippen LogP contribution in [-0.2, 0) is 29.2 Å². The second kappa shape index (κ2) is 7.26. The van der Waals surface area contributed by atoms with Crippen LogP contribution in [-0.4, -0.2) is 23.8 Å². The fourth-order valence-corrected chi connectivity index (χ4v) is 2.43. The smallest absolute Gasteiger partial charge is 0.338 e. The Morgan fingerprint density at radius 1 is 1.13 bits per heavy atom. The number of hydrogen-bond donors (Lipinski definition) is 2. The molecule has 23 heavy (non-hydrogen) atoms. The molecule has 0 fully saturated rings. The Hall–Kier alpha value is -2.37. The first kappa shape index (κ1) is 15.5. The maximum atomic E-state index is 11.8. The third kappa shape index (κ3) is 4.09. The molecule has 0 saturated carbocycles. The lowest BCUT2D eigenvalue weighted by Gasteiger charge is -2.13. The number of benzene rings is 2. The van der Waals surface area contributed by atoms with Gasteiger partial charge in [0.15, 0.2) is 6.10 Å². The fraction of sp³-hybridized carbons (Fsp3) is 0.278. The summed E-state index contributed by atoms with van der Waals surface area (Å²) in [6.07, 6.45) is -1.30. The minimum absolute atomic E-state index is 0.125. The van der Waals surface area contributed by atoms with Crippen molar-refractivity contribution in [3.63, 3.8) is 0 Å². The lowest BCUT2D eigenvalue weighted by atomic mass is 10.1. The minimum Gasteiger partial charge on any atom is -0.490 e. The normalized spacial score (nSPS) is 14.1. The largest absolute Gasteiger partial charge is 0.490 e. The molecule has 2 aromatic rings. The second-order valence-electron chi connectivity index (χ2n) is 5.45. The zero-order chi connectivity index (χ0) is 16.1. The molecule has 0 aliphatic carbocycles. The number of hydrogen-bond acceptors (Lipinski definition) is 5. The van der Waals surface area contributed by atoms with E-state index in [9.17, 15) is 9.90 Å². The predicted molar refractivity (Wildman–Crippen MR) is 84.7 cm³/mol. The number of fused-ring (bicyclic) bond motifs is 1. The number of rotatable bonds is 6. The van der Waals surface area contributed by atoms with E-state index in [0.717, 1.165) is 18.7 Å². The number of aliphatic hydroxyl groups is 1. The van der Waals surface area contributed by atoms with Crippen LogP contribution < -0.4 is 10.1 Å². The van der Waals surface area contributed by atoms with Gasteiger partial charge >= 0.3 is 5.97 Å². The highest BCUT2D eigenvalue weighted by Crippen LogP contribution is 2.21. The van der Waals surface area contributed by atoms with Crippen molar-refractivity contribution in [2.45, 2.75) is 25.8 Å². The van der Waals surface area contributed by atoms with Crippen LogP contribution in [0, 0.1) is 0 Å². The number of ether oxygens (including phenoxy) is 2. The fourth-order valence-electron chi connectivity index (χ4n) is 2.43. The molecule has 120 valence electrons. The number of carbonyl (C=O) groups is 1. The van der Waals surface area contributed by atoms with Crippen molar-refractivity contribution >= 4 is 5.97 Å². The summed E-state index contributed by atoms with van der Waals surface area (Å²) in [5, 5.41) is 13.1. The molecule has 1 heterocycles. The quantitative estimate of drug-likeness (QED) is 0.796. The first-order chi connectivity index (χ1) is 11.2. The average Bonchev–Trinajstić information content (AvgIpc) is 3.06. The average molecular weight is 313 g/mol. The molecular formula is C18H19NO4. The van der Waals surface area contributed by atoms with E-state index in [-0.39, 0.29) is 13.2 Å². The Kier molecular flexibility index (Phi) is 4.90. The Bertz CT molecular complexity index is 672. The molecule has 0 radical (unpaired) electrons. The van der Waals surface area contributed by atoms with Gasteiger partial charge in [-0.2, -0.15) is 0 Å². The van der Waals surface area contributed by atoms with Crippen molar-refractivity contribution in [3.05, 3.63) is 65.2 Å². The van der Waals surface area contributed by atoms with Crippen LogP contribution in [0.4, 0.5) is 0 Å². The van der Waals surface area contributed by atoms with Crippen molar-refractivity contribution < 1.29 is 19.4 Å². The van der Waals surface area contributed by atoms with E-state index in [1.54, 1.807) is 0 Å². The summed E-state index contributed by atoms with van der Waals surface area (Å²) in [6.45, 7) is 1.69. The van der Waals surface area contributed by atoms with Crippen molar-refractivity contribution in [1.29, 1.82) is 0 Å². The Labute approximate surface area is 134 Å². The first-order valence-electron chi connectivity index (χ1n) is 7.56. The highest BCUT2D eigenvalue weighted by atomic mass is 16.6.